The number of hydrogen-bond donors (Lipinski definition) is 0. The van der Waals surface area contributed by atoms with Crippen molar-refractivity contribution in [2.75, 3.05) is 0 Å². The van der Waals surface area contributed by atoms with Crippen LogP contribution in [-0.2, 0) is 4.79 Å². The Kier molecular flexibility index (Phi) is 5.26. The third-order valence-electron chi connectivity index (χ3n) is 2.91. The molecule has 1 aromatic rings. The fourth-order valence-corrected chi connectivity index (χ4v) is 2.16. The maximum absolute atomic E-state index is 12.0. The van der Waals surface area contributed by atoms with E-state index in [0.29, 0.717) is 11.1 Å². The topological polar surface area (TPSA) is 51.2 Å². The molecule has 4 heteroatoms. The van der Waals surface area contributed by atoms with Gasteiger partial charge in [-0.25, -0.2) is 0 Å². The molecule has 0 saturated heterocycles. The molecule has 0 aromatic heterocycles. The maximum Gasteiger partial charge on any atom is 0.181 e. The second kappa shape index (κ2) is 6.09. The van der Waals surface area contributed by atoms with Gasteiger partial charge in [0.25, 0.3) is 0 Å². The molecule has 0 spiro atoms. The van der Waals surface area contributed by atoms with Gasteiger partial charge >= 0.3 is 0 Å². The zero-order valence-electron chi connectivity index (χ0n) is 10.6. The number of Topliss-reactive ketones (excluding diaryl/α,β-unsaturated/α-hetero) is 3. The van der Waals surface area contributed by atoms with Gasteiger partial charge in [0.2, 0.25) is 0 Å². The molecule has 0 N–H and O–H groups in total. The summed E-state index contributed by atoms with van der Waals surface area (Å²) in [6.45, 7) is 3.80. The van der Waals surface area contributed by atoms with Gasteiger partial charge in [-0.15, -0.1) is 0 Å². The summed E-state index contributed by atoms with van der Waals surface area (Å²) in [5.41, 5.74) is 0.777. The Morgan fingerprint density at radius 1 is 1.11 bits per heavy atom. The molecule has 1 aromatic carbocycles. The van der Waals surface area contributed by atoms with Crippen molar-refractivity contribution in [3.05, 3.63) is 35.4 Å². The summed E-state index contributed by atoms with van der Waals surface area (Å²) in [4.78, 5) is 35.9. The third kappa shape index (κ3) is 2.73. The summed E-state index contributed by atoms with van der Waals surface area (Å²) in [7, 11) is 0. The molecule has 90 valence electrons. The molecule has 0 amide bonds. The van der Waals surface area contributed by atoms with Gasteiger partial charge < -0.3 is 0 Å². The normalized spacial score (nSPS) is 14.6. The maximum atomic E-state index is 12.0. The minimum atomic E-state index is -1.09. The van der Waals surface area contributed by atoms with Crippen molar-refractivity contribution >= 4 is 55.1 Å². The van der Waals surface area contributed by atoms with Crippen molar-refractivity contribution in [1.29, 1.82) is 0 Å². The fraction of sp³-hybridized carbons (Fsp3) is 0.357. The SMILES string of the molecule is CC(C)CC(=O)C1C(=O)c2ccccc2C1=O.[Ca]. The van der Waals surface area contributed by atoms with Gasteiger partial charge in [-0.1, -0.05) is 38.1 Å². The molecule has 2 rings (SSSR count). The summed E-state index contributed by atoms with van der Waals surface area (Å²) in [5, 5.41) is 0. The van der Waals surface area contributed by atoms with Crippen LogP contribution in [0, 0.1) is 11.8 Å². The average Bonchev–Trinajstić information content (AvgIpc) is 2.51. The zero-order valence-corrected chi connectivity index (χ0v) is 12.8. The van der Waals surface area contributed by atoms with Gasteiger partial charge in [0.05, 0.1) is 0 Å². The predicted molar refractivity (Wildman–Crippen MR) is 68.8 cm³/mol. The summed E-state index contributed by atoms with van der Waals surface area (Å²) in [6, 6.07) is 6.63. The minimum Gasteiger partial charge on any atom is -0.298 e. The van der Waals surface area contributed by atoms with Crippen LogP contribution < -0.4 is 0 Å². The van der Waals surface area contributed by atoms with Gasteiger partial charge in [-0.05, 0) is 5.92 Å². The number of rotatable bonds is 3. The number of benzene rings is 1. The van der Waals surface area contributed by atoms with Crippen LogP contribution in [0.25, 0.3) is 0 Å². The molecule has 0 fully saturated rings. The first kappa shape index (κ1) is 15.5. The van der Waals surface area contributed by atoms with Crippen molar-refractivity contribution in [3.8, 4) is 0 Å². The number of carbonyl (C=O) groups is 3. The Hall–Kier alpha value is -0.510. The van der Waals surface area contributed by atoms with E-state index in [4.69, 9.17) is 0 Å². The molecule has 18 heavy (non-hydrogen) atoms. The summed E-state index contributed by atoms with van der Waals surface area (Å²) in [5.74, 6) is -1.86. The van der Waals surface area contributed by atoms with E-state index in [9.17, 15) is 14.4 Å². The van der Waals surface area contributed by atoms with Crippen molar-refractivity contribution in [3.63, 3.8) is 0 Å². The van der Waals surface area contributed by atoms with Crippen LogP contribution in [0.1, 0.15) is 41.0 Å². The van der Waals surface area contributed by atoms with Crippen LogP contribution >= 0.6 is 0 Å². The number of ketones is 3. The average molecular weight is 270 g/mol. The third-order valence-corrected chi connectivity index (χ3v) is 2.91. The first-order valence-electron chi connectivity index (χ1n) is 5.72. The molecule has 0 aliphatic heterocycles. The Morgan fingerprint density at radius 2 is 1.56 bits per heavy atom. The van der Waals surface area contributed by atoms with Crippen LogP contribution in [0.2, 0.25) is 0 Å². The molecule has 0 heterocycles. The molecule has 0 atom stereocenters. The van der Waals surface area contributed by atoms with Crippen molar-refractivity contribution in [2.24, 2.45) is 11.8 Å². The van der Waals surface area contributed by atoms with E-state index < -0.39 is 5.92 Å². The molecule has 0 bridgehead atoms. The Labute approximate surface area is 136 Å². The van der Waals surface area contributed by atoms with E-state index in [1.807, 2.05) is 13.8 Å². The second-order valence-electron chi connectivity index (χ2n) is 4.77. The van der Waals surface area contributed by atoms with Crippen LogP contribution in [0.5, 0.6) is 0 Å². The molecule has 1 aliphatic rings. The first-order chi connectivity index (χ1) is 8.02. The summed E-state index contributed by atoms with van der Waals surface area (Å²) in [6.07, 6.45) is 0.274. The quantitative estimate of drug-likeness (QED) is 0.623. The van der Waals surface area contributed by atoms with Gasteiger partial charge in [0.15, 0.2) is 17.3 Å². The van der Waals surface area contributed by atoms with E-state index in [2.05, 4.69) is 0 Å². The Morgan fingerprint density at radius 3 is 1.94 bits per heavy atom. The van der Waals surface area contributed by atoms with Gasteiger partial charge in [-0.3, -0.25) is 14.4 Å². The molecule has 2 radical (unpaired) electrons. The predicted octanol–water partition coefficient (Wildman–Crippen LogP) is 1.92. The largest absolute Gasteiger partial charge is 0.298 e. The summed E-state index contributed by atoms with van der Waals surface area (Å²) < 4.78 is 0. The van der Waals surface area contributed by atoms with E-state index in [0.717, 1.165) is 0 Å². The number of fused-ring (bicyclic) bond motifs is 1. The summed E-state index contributed by atoms with van der Waals surface area (Å²) >= 11 is 0. The van der Waals surface area contributed by atoms with Gasteiger partial charge in [0, 0.05) is 55.3 Å². The van der Waals surface area contributed by atoms with E-state index >= 15 is 0 Å². The van der Waals surface area contributed by atoms with Crippen LogP contribution in [-0.4, -0.2) is 55.1 Å². The Bertz CT molecular complexity index is 471. The fourth-order valence-electron chi connectivity index (χ4n) is 2.16. The van der Waals surface area contributed by atoms with Crippen molar-refractivity contribution < 1.29 is 14.4 Å². The van der Waals surface area contributed by atoms with E-state index in [-0.39, 0.29) is 67.4 Å². The molecule has 0 unspecified atom stereocenters. The van der Waals surface area contributed by atoms with Gasteiger partial charge in [-0.2, -0.15) is 0 Å². The standard InChI is InChI=1S/C14H14O3.Ca/c1-8(2)7-11(15)12-13(16)9-5-3-4-6-10(9)14(12)17;/h3-6,8,12H,7H2,1-2H3;. The smallest absolute Gasteiger partial charge is 0.181 e. The van der Waals surface area contributed by atoms with Crippen LogP contribution in [0.3, 0.4) is 0 Å². The second-order valence-corrected chi connectivity index (χ2v) is 4.77. The van der Waals surface area contributed by atoms with Gasteiger partial charge in [0.1, 0.15) is 5.92 Å². The monoisotopic (exact) mass is 270 g/mol. The number of hydrogen-bond acceptors (Lipinski definition) is 3. The van der Waals surface area contributed by atoms with Crippen LogP contribution in [0.15, 0.2) is 24.3 Å². The molecule has 3 nitrogen and oxygen atoms in total. The molecule has 1 aliphatic carbocycles. The number of carbonyl (C=O) groups excluding carboxylic acids is 3. The van der Waals surface area contributed by atoms with Crippen molar-refractivity contribution in [1.82, 2.24) is 0 Å². The molecule has 0 saturated carbocycles. The van der Waals surface area contributed by atoms with E-state index in [1.165, 1.54) is 0 Å². The Balaban J connectivity index is 0.00000162. The van der Waals surface area contributed by atoms with Crippen LogP contribution in [0.4, 0.5) is 0 Å². The van der Waals surface area contributed by atoms with Crippen molar-refractivity contribution in [2.45, 2.75) is 20.3 Å². The molecular formula is C14H14CaO3. The minimum absolute atomic E-state index is 0. The van der Waals surface area contributed by atoms with E-state index in [1.54, 1.807) is 24.3 Å². The first-order valence-corrected chi connectivity index (χ1v) is 5.72. The molecular weight excluding hydrogens is 256 g/mol. The zero-order chi connectivity index (χ0) is 12.6.